The molecule has 1 fully saturated rings. The number of hydrogen-bond acceptors (Lipinski definition) is 6. The zero-order valence-electron chi connectivity index (χ0n) is 26.3. The molecule has 45 heavy (non-hydrogen) atoms. The second-order valence-electron chi connectivity index (χ2n) is 11.7. The second kappa shape index (κ2) is 14.5. The van der Waals surface area contributed by atoms with Crippen molar-refractivity contribution in [1.29, 1.82) is 5.41 Å². The predicted octanol–water partition coefficient (Wildman–Crippen LogP) is 5.36. The summed E-state index contributed by atoms with van der Waals surface area (Å²) in [6.07, 6.45) is 5.70. The molecular formula is C36H41BN4O4. The summed E-state index contributed by atoms with van der Waals surface area (Å²) in [4.78, 5) is 30.7. The van der Waals surface area contributed by atoms with Gasteiger partial charge in [0.05, 0.1) is 17.5 Å². The summed E-state index contributed by atoms with van der Waals surface area (Å²) >= 11 is 0. The van der Waals surface area contributed by atoms with E-state index >= 15 is 0 Å². The van der Waals surface area contributed by atoms with Crippen LogP contribution in [0.5, 0.6) is 5.75 Å². The van der Waals surface area contributed by atoms with Crippen LogP contribution in [0, 0.1) is 5.41 Å². The van der Waals surface area contributed by atoms with Gasteiger partial charge in [-0.25, -0.2) is 4.98 Å². The third-order valence-corrected chi connectivity index (χ3v) is 8.27. The topological polar surface area (TPSA) is 117 Å². The van der Waals surface area contributed by atoms with Gasteiger partial charge in [0.1, 0.15) is 23.5 Å². The first kappa shape index (κ1) is 31.9. The summed E-state index contributed by atoms with van der Waals surface area (Å²) in [5, 5.41) is 20.9. The first-order chi connectivity index (χ1) is 21.8. The fourth-order valence-corrected chi connectivity index (χ4v) is 6.07. The molecule has 1 aliphatic carbocycles. The molecular weight excluding hydrogens is 563 g/mol. The van der Waals surface area contributed by atoms with Crippen LogP contribution in [0.25, 0.3) is 16.8 Å². The normalized spacial score (nSPS) is 16.2. The molecule has 1 aliphatic rings. The van der Waals surface area contributed by atoms with Gasteiger partial charge in [-0.1, -0.05) is 68.8 Å². The van der Waals surface area contributed by atoms with E-state index in [2.05, 4.69) is 12.2 Å². The van der Waals surface area contributed by atoms with Crippen molar-refractivity contribution in [2.75, 3.05) is 0 Å². The molecule has 0 aliphatic heterocycles. The monoisotopic (exact) mass is 604 g/mol. The average Bonchev–Trinajstić information content (AvgIpc) is 3.03. The van der Waals surface area contributed by atoms with E-state index in [1.807, 2.05) is 79.7 Å². The zero-order chi connectivity index (χ0) is 31.9. The van der Waals surface area contributed by atoms with Crippen molar-refractivity contribution in [3.63, 3.8) is 0 Å². The van der Waals surface area contributed by atoms with Crippen LogP contribution in [0.1, 0.15) is 74.2 Å². The Labute approximate surface area is 265 Å². The quantitative estimate of drug-likeness (QED) is 0.128. The summed E-state index contributed by atoms with van der Waals surface area (Å²) < 4.78 is 7.87. The van der Waals surface area contributed by atoms with Gasteiger partial charge >= 0.3 is 0 Å². The minimum atomic E-state index is -0.309. The third kappa shape index (κ3) is 7.60. The minimum absolute atomic E-state index is 0.000599. The van der Waals surface area contributed by atoms with Crippen LogP contribution < -0.4 is 15.6 Å². The number of amides is 1. The number of aryl methyl sites for hydroxylation is 2. The molecule has 0 bridgehead atoms. The molecule has 5 rings (SSSR count). The maximum absolute atomic E-state index is 14.2. The molecule has 1 saturated carbocycles. The highest BCUT2D eigenvalue weighted by molar-refractivity contribution is 6.58. The van der Waals surface area contributed by atoms with Crippen molar-refractivity contribution in [1.82, 2.24) is 14.9 Å². The van der Waals surface area contributed by atoms with Crippen molar-refractivity contribution >= 4 is 19.5 Å². The number of aliphatic hydroxyl groups is 1. The molecule has 2 unspecified atom stereocenters. The van der Waals surface area contributed by atoms with Crippen LogP contribution in [0.2, 0.25) is 0 Å². The van der Waals surface area contributed by atoms with E-state index in [9.17, 15) is 14.7 Å². The third-order valence-electron chi connectivity index (χ3n) is 8.27. The van der Waals surface area contributed by atoms with Gasteiger partial charge in [-0.2, -0.15) is 0 Å². The van der Waals surface area contributed by atoms with Gasteiger partial charge in [0.2, 0.25) is 7.85 Å². The lowest BCUT2D eigenvalue weighted by Crippen LogP contribution is -2.29. The first-order valence-electron chi connectivity index (χ1n) is 15.9. The number of hydrogen-bond donors (Lipinski definition) is 3. The highest BCUT2D eigenvalue weighted by Gasteiger charge is 2.22. The highest BCUT2D eigenvalue weighted by Crippen LogP contribution is 2.27. The molecule has 8 nitrogen and oxygen atoms in total. The van der Waals surface area contributed by atoms with E-state index in [0.29, 0.717) is 30.4 Å². The number of aromatic nitrogens is 2. The van der Waals surface area contributed by atoms with Gasteiger partial charge < -0.3 is 15.2 Å². The van der Waals surface area contributed by atoms with Crippen LogP contribution in [-0.2, 0) is 19.3 Å². The van der Waals surface area contributed by atoms with E-state index in [4.69, 9.17) is 15.1 Å². The summed E-state index contributed by atoms with van der Waals surface area (Å²) in [6, 6.07) is 23.1. The second-order valence-corrected chi connectivity index (χ2v) is 11.7. The minimum Gasteiger partial charge on any atom is -0.490 e. The molecule has 1 amide bonds. The summed E-state index contributed by atoms with van der Waals surface area (Å²) in [5.74, 6) is 1.23. The summed E-state index contributed by atoms with van der Waals surface area (Å²) in [6.45, 7) is 4.11. The van der Waals surface area contributed by atoms with Gasteiger partial charge in [-0.05, 0) is 66.6 Å². The summed E-state index contributed by atoms with van der Waals surface area (Å²) in [5.41, 5.74) is 5.60. The molecule has 0 saturated heterocycles. The highest BCUT2D eigenvalue weighted by atomic mass is 16.5. The number of aliphatic hydroxyl groups excluding tert-OH is 1. The Bertz CT molecular complexity index is 1720. The van der Waals surface area contributed by atoms with Crippen molar-refractivity contribution in [3.05, 3.63) is 111 Å². The Morgan fingerprint density at radius 1 is 1.07 bits per heavy atom. The average molecular weight is 605 g/mol. The number of ether oxygens (including phenoxy) is 1. The largest absolute Gasteiger partial charge is 0.490 e. The Kier molecular flexibility index (Phi) is 10.3. The number of benzene rings is 3. The molecule has 1 aromatic heterocycles. The number of nitrogens with one attached hydrogen (secondary N) is 2. The SMILES string of the molecule is BC(=O)NC(=N)c1ccccc1-c1ccc(Cc2c(CCC)nc(CC)n(-c3ccc(OC4CCCC(O)C4)cc3)c2=O)cc1. The molecule has 232 valence electrons. The Balaban J connectivity index is 1.44. The fraction of sp³-hybridized carbons (Fsp3) is 0.333. The first-order valence-corrected chi connectivity index (χ1v) is 15.9. The fourth-order valence-electron chi connectivity index (χ4n) is 6.07. The zero-order valence-corrected chi connectivity index (χ0v) is 26.3. The smallest absolute Gasteiger partial charge is 0.261 e. The van der Waals surface area contributed by atoms with Gasteiger partial charge in [0, 0.05) is 30.4 Å². The molecule has 1 heterocycles. The molecule has 2 atom stereocenters. The van der Waals surface area contributed by atoms with Gasteiger partial charge in [0.15, 0.2) is 5.81 Å². The van der Waals surface area contributed by atoms with Crippen LogP contribution >= 0.6 is 0 Å². The molecule has 3 aromatic carbocycles. The molecule has 9 heteroatoms. The standard InChI is InChI=1S/C36H41BN4O4/c1-3-8-32-31(21-23-13-15-24(16-14-23)29-11-5-6-12-30(29)34(38)40-36(37)44)35(43)41(33(4-2)39-32)25-17-19-27(20-18-25)45-28-10-7-9-26(42)22-28/h5-6,11-20,26,28,42H,3-4,7-10,21-22,37H2,1-2H3,(H2,38,40,44). The Morgan fingerprint density at radius 3 is 2.47 bits per heavy atom. The Hall–Kier alpha value is -4.50. The number of rotatable bonds is 10. The van der Waals surface area contributed by atoms with E-state index in [1.54, 1.807) is 4.57 Å². The summed E-state index contributed by atoms with van der Waals surface area (Å²) in [7, 11) is 1.39. The van der Waals surface area contributed by atoms with Crippen molar-refractivity contribution in [2.45, 2.75) is 77.4 Å². The Morgan fingerprint density at radius 2 is 1.80 bits per heavy atom. The molecule has 0 radical (unpaired) electrons. The van der Waals surface area contributed by atoms with Gasteiger partial charge in [-0.15, -0.1) is 0 Å². The number of nitrogens with zero attached hydrogens (tertiary/aromatic N) is 2. The molecule has 0 spiro atoms. The number of amidine groups is 1. The van der Waals surface area contributed by atoms with Crippen molar-refractivity contribution in [3.8, 4) is 22.6 Å². The lowest BCUT2D eigenvalue weighted by Gasteiger charge is -2.26. The molecule has 3 N–H and O–H groups in total. The number of carbonyl (C=O) groups excluding carboxylic acids is 1. The lowest BCUT2D eigenvalue weighted by atomic mass is 9.95. The van der Waals surface area contributed by atoms with E-state index in [1.165, 1.54) is 7.85 Å². The maximum atomic E-state index is 14.2. The van der Waals surface area contributed by atoms with Crippen LogP contribution in [0.15, 0.2) is 77.6 Å². The van der Waals surface area contributed by atoms with Gasteiger partial charge in [0.25, 0.3) is 5.56 Å². The van der Waals surface area contributed by atoms with E-state index in [0.717, 1.165) is 71.7 Å². The van der Waals surface area contributed by atoms with Crippen LogP contribution in [0.4, 0.5) is 4.79 Å². The molecule has 4 aromatic rings. The van der Waals surface area contributed by atoms with Crippen LogP contribution in [0.3, 0.4) is 0 Å². The van der Waals surface area contributed by atoms with Crippen molar-refractivity contribution < 1.29 is 14.6 Å². The number of carbonyl (C=O) groups is 1. The lowest BCUT2D eigenvalue weighted by molar-refractivity contribution is 0.0536. The van der Waals surface area contributed by atoms with Gasteiger partial charge in [-0.3, -0.25) is 19.6 Å². The van der Waals surface area contributed by atoms with E-state index < -0.39 is 0 Å². The maximum Gasteiger partial charge on any atom is 0.261 e. The van der Waals surface area contributed by atoms with E-state index in [-0.39, 0.29) is 29.4 Å². The van der Waals surface area contributed by atoms with Crippen molar-refractivity contribution in [2.24, 2.45) is 0 Å². The predicted molar refractivity (Wildman–Crippen MR) is 181 cm³/mol. The van der Waals surface area contributed by atoms with Crippen LogP contribution in [-0.4, -0.2) is 46.4 Å².